The summed E-state index contributed by atoms with van der Waals surface area (Å²) in [6.45, 7) is 2.43. The Hall–Kier alpha value is -2.70. The van der Waals surface area contributed by atoms with Crippen LogP contribution < -0.4 is 15.8 Å². The molecule has 0 fully saturated rings. The number of hydrogen-bond acceptors (Lipinski definition) is 5. The first-order valence-electron chi connectivity index (χ1n) is 7.04. The molecule has 1 N–H and O–H groups in total. The maximum absolute atomic E-state index is 12.2. The second-order valence-electron chi connectivity index (χ2n) is 5.03. The van der Waals surface area contributed by atoms with Crippen LogP contribution in [0.2, 0.25) is 0 Å². The average Bonchev–Trinajstić information content (AvgIpc) is 2.50. The van der Waals surface area contributed by atoms with Crippen molar-refractivity contribution < 1.29 is 4.79 Å². The first-order valence-corrected chi connectivity index (χ1v) is 7.04. The van der Waals surface area contributed by atoms with Gasteiger partial charge in [0.15, 0.2) is 0 Å². The summed E-state index contributed by atoms with van der Waals surface area (Å²) in [5, 5.41) is 6.78. The maximum atomic E-state index is 12.2. The van der Waals surface area contributed by atoms with Crippen LogP contribution in [0.25, 0.3) is 0 Å². The lowest BCUT2D eigenvalue weighted by atomic mass is 10.3. The molecule has 0 aliphatic carbocycles. The number of hydrogen-bond donors (Lipinski definition) is 1. The Morgan fingerprint density at radius 3 is 2.64 bits per heavy atom. The van der Waals surface area contributed by atoms with Gasteiger partial charge in [0.05, 0.1) is 11.9 Å². The number of aromatic nitrogens is 3. The molecule has 0 radical (unpaired) electrons. The van der Waals surface area contributed by atoms with Crippen molar-refractivity contribution in [3.63, 3.8) is 0 Å². The highest BCUT2D eigenvalue weighted by molar-refractivity contribution is 6.02. The lowest BCUT2D eigenvalue weighted by Gasteiger charge is -2.11. The summed E-state index contributed by atoms with van der Waals surface area (Å²) < 4.78 is 1.29. The van der Waals surface area contributed by atoms with Gasteiger partial charge in [0.1, 0.15) is 11.5 Å². The molecule has 116 valence electrons. The molecule has 1 amide bonds. The second-order valence-corrected chi connectivity index (χ2v) is 5.03. The number of carbonyl (C=O) groups is 1. The summed E-state index contributed by atoms with van der Waals surface area (Å²) in [4.78, 5) is 29.9. The molecule has 0 aromatic carbocycles. The third-order valence-electron chi connectivity index (χ3n) is 3.00. The first-order chi connectivity index (χ1) is 10.5. The van der Waals surface area contributed by atoms with E-state index < -0.39 is 0 Å². The van der Waals surface area contributed by atoms with Crippen molar-refractivity contribution in [1.29, 1.82) is 0 Å². The summed E-state index contributed by atoms with van der Waals surface area (Å²) in [5.41, 5.74) is 0.561. The zero-order valence-corrected chi connectivity index (χ0v) is 12.9. The quantitative estimate of drug-likeness (QED) is 0.902. The molecule has 0 atom stereocenters. The number of rotatable bonds is 5. The van der Waals surface area contributed by atoms with Crippen LogP contribution >= 0.6 is 0 Å². The molecule has 0 saturated heterocycles. The molecule has 22 heavy (non-hydrogen) atoms. The van der Waals surface area contributed by atoms with Gasteiger partial charge < -0.3 is 10.2 Å². The van der Waals surface area contributed by atoms with E-state index in [1.807, 2.05) is 25.9 Å². The molecule has 2 aromatic heterocycles. The SMILES string of the molecule is CCCn1nc(C(=O)Nc2ccc(N(C)C)nc2)ccc1=O. The van der Waals surface area contributed by atoms with Crippen LogP contribution in [0.5, 0.6) is 0 Å². The van der Waals surface area contributed by atoms with Crippen LogP contribution in [0.15, 0.2) is 35.3 Å². The molecule has 0 unspecified atom stereocenters. The van der Waals surface area contributed by atoms with Crippen molar-refractivity contribution in [3.8, 4) is 0 Å². The van der Waals surface area contributed by atoms with E-state index in [-0.39, 0.29) is 17.2 Å². The number of nitrogens with zero attached hydrogens (tertiary/aromatic N) is 4. The van der Waals surface area contributed by atoms with E-state index in [0.29, 0.717) is 12.2 Å². The standard InChI is InChI=1S/C15H19N5O2/c1-4-9-20-14(21)8-6-12(18-20)15(22)17-11-5-7-13(16-10-11)19(2)3/h5-8,10H,4,9H2,1-3H3,(H,17,22). The highest BCUT2D eigenvalue weighted by Crippen LogP contribution is 2.12. The summed E-state index contributed by atoms with van der Waals surface area (Å²) in [7, 11) is 3.78. The molecule has 0 bridgehead atoms. The second kappa shape index (κ2) is 6.84. The number of nitrogens with one attached hydrogen (secondary N) is 1. The van der Waals surface area contributed by atoms with E-state index in [1.165, 1.54) is 16.8 Å². The Bertz CT molecular complexity index is 707. The fraction of sp³-hybridized carbons (Fsp3) is 0.333. The van der Waals surface area contributed by atoms with Gasteiger partial charge in [-0.1, -0.05) is 6.92 Å². The third kappa shape index (κ3) is 3.69. The minimum Gasteiger partial charge on any atom is -0.363 e. The number of pyridine rings is 1. The van der Waals surface area contributed by atoms with Crippen LogP contribution in [-0.4, -0.2) is 34.8 Å². The number of carbonyl (C=O) groups excluding carboxylic acids is 1. The van der Waals surface area contributed by atoms with E-state index >= 15 is 0 Å². The van der Waals surface area contributed by atoms with Crippen molar-refractivity contribution >= 4 is 17.4 Å². The Morgan fingerprint density at radius 1 is 1.27 bits per heavy atom. The lowest BCUT2D eigenvalue weighted by Crippen LogP contribution is -2.26. The van der Waals surface area contributed by atoms with Gasteiger partial charge in [-0.3, -0.25) is 9.59 Å². The molecular formula is C15H19N5O2. The van der Waals surface area contributed by atoms with E-state index in [2.05, 4.69) is 15.4 Å². The van der Waals surface area contributed by atoms with Crippen molar-refractivity contribution in [1.82, 2.24) is 14.8 Å². The molecule has 7 nitrogen and oxygen atoms in total. The van der Waals surface area contributed by atoms with Crippen LogP contribution in [0.4, 0.5) is 11.5 Å². The van der Waals surface area contributed by atoms with Crippen LogP contribution in [0.1, 0.15) is 23.8 Å². The summed E-state index contributed by atoms with van der Waals surface area (Å²) in [6, 6.07) is 6.35. The molecule has 2 aromatic rings. The summed E-state index contributed by atoms with van der Waals surface area (Å²) in [5.74, 6) is 0.428. The first kappa shape index (κ1) is 15.7. The van der Waals surface area contributed by atoms with Gasteiger partial charge in [-0.15, -0.1) is 0 Å². The normalized spacial score (nSPS) is 10.3. The Morgan fingerprint density at radius 2 is 2.05 bits per heavy atom. The topological polar surface area (TPSA) is 80.1 Å². The van der Waals surface area contributed by atoms with E-state index in [0.717, 1.165) is 12.2 Å². The lowest BCUT2D eigenvalue weighted by molar-refractivity contribution is 0.101. The molecule has 7 heteroatoms. The Kier molecular flexibility index (Phi) is 4.88. The fourth-order valence-corrected chi connectivity index (χ4v) is 1.86. The minimum absolute atomic E-state index is 0.199. The van der Waals surface area contributed by atoms with E-state index in [9.17, 15) is 9.59 Å². The molecule has 2 heterocycles. The van der Waals surface area contributed by atoms with Crippen LogP contribution in [0, 0.1) is 0 Å². The average molecular weight is 301 g/mol. The van der Waals surface area contributed by atoms with Crippen molar-refractivity contribution in [2.75, 3.05) is 24.3 Å². The molecule has 0 spiro atoms. The minimum atomic E-state index is -0.371. The Labute approximate surface area is 128 Å². The Balaban J connectivity index is 2.15. The molecule has 2 rings (SSSR count). The van der Waals surface area contributed by atoms with Crippen molar-refractivity contribution in [2.24, 2.45) is 0 Å². The van der Waals surface area contributed by atoms with Gasteiger partial charge in [0.2, 0.25) is 0 Å². The van der Waals surface area contributed by atoms with Crippen LogP contribution in [-0.2, 0) is 6.54 Å². The zero-order chi connectivity index (χ0) is 16.1. The van der Waals surface area contributed by atoms with Crippen molar-refractivity contribution in [3.05, 3.63) is 46.5 Å². The summed E-state index contributed by atoms with van der Waals surface area (Å²) >= 11 is 0. The van der Waals surface area contributed by atoms with E-state index in [1.54, 1.807) is 18.3 Å². The van der Waals surface area contributed by atoms with Gasteiger partial charge in [0.25, 0.3) is 11.5 Å². The largest absolute Gasteiger partial charge is 0.363 e. The van der Waals surface area contributed by atoms with E-state index in [4.69, 9.17) is 0 Å². The van der Waals surface area contributed by atoms with Crippen molar-refractivity contribution in [2.45, 2.75) is 19.9 Å². The monoisotopic (exact) mass is 301 g/mol. The number of aryl methyl sites for hydroxylation is 1. The maximum Gasteiger partial charge on any atom is 0.276 e. The number of amides is 1. The van der Waals surface area contributed by atoms with Gasteiger partial charge in [0, 0.05) is 26.7 Å². The van der Waals surface area contributed by atoms with Gasteiger partial charge in [-0.2, -0.15) is 5.10 Å². The van der Waals surface area contributed by atoms with Crippen LogP contribution in [0.3, 0.4) is 0 Å². The summed E-state index contributed by atoms with van der Waals surface area (Å²) in [6.07, 6.45) is 2.35. The smallest absolute Gasteiger partial charge is 0.276 e. The highest BCUT2D eigenvalue weighted by atomic mass is 16.2. The van der Waals surface area contributed by atoms with Gasteiger partial charge in [-0.25, -0.2) is 9.67 Å². The van der Waals surface area contributed by atoms with Gasteiger partial charge >= 0.3 is 0 Å². The van der Waals surface area contributed by atoms with Gasteiger partial charge in [-0.05, 0) is 24.6 Å². The fourth-order valence-electron chi connectivity index (χ4n) is 1.86. The number of anilines is 2. The zero-order valence-electron chi connectivity index (χ0n) is 12.9. The molecule has 0 saturated carbocycles. The molecule has 0 aliphatic heterocycles. The predicted molar refractivity (Wildman–Crippen MR) is 85.3 cm³/mol. The molecule has 0 aliphatic rings. The predicted octanol–water partition coefficient (Wildman–Crippen LogP) is 1.37. The third-order valence-corrected chi connectivity index (χ3v) is 3.00. The molecular weight excluding hydrogens is 282 g/mol. The highest BCUT2D eigenvalue weighted by Gasteiger charge is 2.10.